The van der Waals surface area contributed by atoms with Crippen LogP contribution in [0.1, 0.15) is 17.0 Å². The van der Waals surface area contributed by atoms with Gasteiger partial charge < -0.3 is 4.74 Å². The Labute approximate surface area is 158 Å². The Morgan fingerprint density at radius 3 is 2.78 bits per heavy atom. The maximum atomic E-state index is 13.0. The van der Waals surface area contributed by atoms with Crippen molar-refractivity contribution in [1.29, 1.82) is 0 Å². The van der Waals surface area contributed by atoms with Gasteiger partial charge in [0.2, 0.25) is 4.77 Å². The van der Waals surface area contributed by atoms with Crippen molar-refractivity contribution < 1.29 is 14.1 Å². The SMILES string of the molecule is COc1ccc(/C=N\n2c(Cc3ccc(F)cc3)n[nH]c2=S)cc1[N+](=O)[O-]. The molecule has 1 heterocycles. The first-order chi connectivity index (χ1) is 13.0. The fraction of sp³-hybridized carbons (Fsp3) is 0.118. The highest BCUT2D eigenvalue weighted by Crippen LogP contribution is 2.26. The molecule has 0 fully saturated rings. The normalized spacial score (nSPS) is 11.0. The highest BCUT2D eigenvalue weighted by molar-refractivity contribution is 7.71. The molecule has 3 aromatic rings. The molecule has 0 bridgehead atoms. The van der Waals surface area contributed by atoms with Crippen LogP contribution < -0.4 is 4.74 Å². The first-order valence-electron chi connectivity index (χ1n) is 7.75. The summed E-state index contributed by atoms with van der Waals surface area (Å²) in [5.74, 6) is 0.358. The summed E-state index contributed by atoms with van der Waals surface area (Å²) in [7, 11) is 1.36. The Hall–Kier alpha value is -3.40. The standard InChI is InChI=1S/C17H14FN5O3S/c1-26-15-7-4-12(8-14(15)23(24)25)10-19-22-16(20-21-17(22)27)9-11-2-5-13(18)6-3-11/h2-8,10H,9H2,1H3,(H,21,27)/b19-10-. The smallest absolute Gasteiger partial charge is 0.311 e. The summed E-state index contributed by atoms with van der Waals surface area (Å²) >= 11 is 5.18. The van der Waals surface area contributed by atoms with E-state index in [1.165, 1.54) is 42.3 Å². The minimum atomic E-state index is -0.528. The molecule has 0 aliphatic heterocycles. The third kappa shape index (κ3) is 4.23. The van der Waals surface area contributed by atoms with E-state index >= 15 is 0 Å². The summed E-state index contributed by atoms with van der Waals surface area (Å²) in [6, 6.07) is 10.5. The van der Waals surface area contributed by atoms with Gasteiger partial charge in [-0.3, -0.25) is 15.2 Å². The number of hydrogen-bond acceptors (Lipinski definition) is 6. The molecule has 0 spiro atoms. The molecule has 0 amide bonds. The van der Waals surface area contributed by atoms with Crippen LogP contribution in [0.25, 0.3) is 0 Å². The predicted molar refractivity (Wildman–Crippen MR) is 99.3 cm³/mol. The second-order valence-electron chi connectivity index (χ2n) is 5.49. The maximum absolute atomic E-state index is 13.0. The number of aromatic nitrogens is 3. The van der Waals surface area contributed by atoms with Gasteiger partial charge in [-0.15, -0.1) is 0 Å². The Kier molecular flexibility index (Phi) is 5.36. The molecule has 1 aromatic heterocycles. The van der Waals surface area contributed by atoms with Crippen molar-refractivity contribution >= 4 is 24.1 Å². The highest BCUT2D eigenvalue weighted by atomic mass is 32.1. The van der Waals surface area contributed by atoms with Crippen LogP contribution in [0, 0.1) is 20.7 Å². The van der Waals surface area contributed by atoms with E-state index in [0.717, 1.165) is 5.56 Å². The predicted octanol–water partition coefficient (Wildman–Crippen LogP) is 3.47. The van der Waals surface area contributed by atoms with Crippen LogP contribution in [-0.4, -0.2) is 33.1 Å². The molecule has 1 N–H and O–H groups in total. The molecule has 2 aromatic carbocycles. The maximum Gasteiger partial charge on any atom is 0.311 e. The average Bonchev–Trinajstić information content (AvgIpc) is 3.01. The number of nitro benzene ring substituents is 1. The van der Waals surface area contributed by atoms with Crippen LogP contribution in [0.2, 0.25) is 0 Å². The summed E-state index contributed by atoms with van der Waals surface area (Å²) in [6.45, 7) is 0. The first kappa shape index (κ1) is 18.4. The lowest BCUT2D eigenvalue weighted by Crippen LogP contribution is -2.01. The number of hydrogen-bond donors (Lipinski definition) is 1. The van der Waals surface area contributed by atoms with Gasteiger partial charge in [-0.25, -0.2) is 4.39 Å². The van der Waals surface area contributed by atoms with E-state index in [1.54, 1.807) is 18.2 Å². The number of halogens is 1. The van der Waals surface area contributed by atoms with E-state index in [9.17, 15) is 14.5 Å². The second kappa shape index (κ2) is 7.87. The Morgan fingerprint density at radius 2 is 2.11 bits per heavy atom. The van der Waals surface area contributed by atoms with Crippen molar-refractivity contribution in [3.05, 3.63) is 80.1 Å². The van der Waals surface area contributed by atoms with Crippen LogP contribution >= 0.6 is 12.2 Å². The molecule has 27 heavy (non-hydrogen) atoms. The van der Waals surface area contributed by atoms with E-state index in [0.29, 0.717) is 17.8 Å². The fourth-order valence-electron chi connectivity index (χ4n) is 2.40. The number of benzene rings is 2. The van der Waals surface area contributed by atoms with Crippen molar-refractivity contribution in [2.75, 3.05) is 7.11 Å². The fourth-order valence-corrected chi connectivity index (χ4v) is 2.60. The van der Waals surface area contributed by atoms with Gasteiger partial charge in [-0.2, -0.15) is 14.9 Å². The number of ether oxygens (including phenoxy) is 1. The minimum Gasteiger partial charge on any atom is -0.490 e. The number of nitro groups is 1. The Bertz CT molecular complexity index is 1060. The van der Waals surface area contributed by atoms with Crippen molar-refractivity contribution in [3.63, 3.8) is 0 Å². The van der Waals surface area contributed by atoms with E-state index in [1.807, 2.05) is 0 Å². The van der Waals surface area contributed by atoms with E-state index in [4.69, 9.17) is 17.0 Å². The van der Waals surface area contributed by atoms with Crippen LogP contribution in [-0.2, 0) is 6.42 Å². The average molecular weight is 387 g/mol. The van der Waals surface area contributed by atoms with Gasteiger partial charge in [0, 0.05) is 18.1 Å². The highest BCUT2D eigenvalue weighted by Gasteiger charge is 2.14. The van der Waals surface area contributed by atoms with Crippen LogP contribution in [0.15, 0.2) is 47.6 Å². The molecule has 0 atom stereocenters. The molecule has 0 aliphatic rings. The number of H-pyrrole nitrogens is 1. The monoisotopic (exact) mass is 387 g/mol. The zero-order valence-corrected chi connectivity index (χ0v) is 14.9. The van der Waals surface area contributed by atoms with Gasteiger partial charge in [0.05, 0.1) is 18.2 Å². The van der Waals surface area contributed by atoms with Crippen molar-refractivity contribution in [2.45, 2.75) is 6.42 Å². The van der Waals surface area contributed by atoms with Crippen LogP contribution in [0.3, 0.4) is 0 Å². The molecule has 0 radical (unpaired) electrons. The number of aromatic amines is 1. The minimum absolute atomic E-state index is 0.161. The van der Waals surface area contributed by atoms with Gasteiger partial charge >= 0.3 is 5.69 Å². The van der Waals surface area contributed by atoms with Gasteiger partial charge in [0.25, 0.3) is 0 Å². The summed E-state index contributed by atoms with van der Waals surface area (Å²) in [5.41, 5.74) is 1.17. The lowest BCUT2D eigenvalue weighted by Gasteiger charge is -2.03. The molecule has 8 nitrogen and oxygen atoms in total. The zero-order chi connectivity index (χ0) is 19.4. The second-order valence-corrected chi connectivity index (χ2v) is 5.88. The van der Waals surface area contributed by atoms with E-state index in [-0.39, 0.29) is 22.0 Å². The summed E-state index contributed by atoms with van der Waals surface area (Å²) < 4.78 is 19.7. The quantitative estimate of drug-likeness (QED) is 0.302. The van der Waals surface area contributed by atoms with Gasteiger partial charge in [-0.1, -0.05) is 12.1 Å². The van der Waals surface area contributed by atoms with Gasteiger partial charge in [0.1, 0.15) is 5.82 Å². The molecule has 0 saturated heterocycles. The number of nitrogens with one attached hydrogen (secondary N) is 1. The summed E-state index contributed by atoms with van der Waals surface area (Å²) in [5, 5.41) is 22.2. The molecule has 3 rings (SSSR count). The summed E-state index contributed by atoms with van der Waals surface area (Å²) in [6.07, 6.45) is 1.82. The molecule has 0 aliphatic carbocycles. The van der Waals surface area contributed by atoms with E-state index in [2.05, 4.69) is 15.3 Å². The molecular formula is C17H14FN5O3S. The van der Waals surface area contributed by atoms with Crippen LogP contribution in [0.4, 0.5) is 10.1 Å². The largest absolute Gasteiger partial charge is 0.490 e. The van der Waals surface area contributed by atoms with Crippen molar-refractivity contribution in [1.82, 2.24) is 14.9 Å². The van der Waals surface area contributed by atoms with Crippen molar-refractivity contribution in [3.8, 4) is 5.75 Å². The first-order valence-corrected chi connectivity index (χ1v) is 8.16. The lowest BCUT2D eigenvalue weighted by molar-refractivity contribution is -0.385. The molecule has 0 saturated carbocycles. The molecule has 10 heteroatoms. The topological polar surface area (TPSA) is 98.3 Å². The summed E-state index contributed by atoms with van der Waals surface area (Å²) in [4.78, 5) is 10.6. The number of nitrogens with zero attached hydrogens (tertiary/aromatic N) is 4. The lowest BCUT2D eigenvalue weighted by atomic mass is 10.1. The zero-order valence-electron chi connectivity index (χ0n) is 14.1. The Morgan fingerprint density at radius 1 is 1.37 bits per heavy atom. The third-order valence-corrected chi connectivity index (χ3v) is 3.98. The van der Waals surface area contributed by atoms with Crippen molar-refractivity contribution in [2.24, 2.45) is 5.10 Å². The number of methoxy groups -OCH3 is 1. The number of rotatable bonds is 6. The Balaban J connectivity index is 1.89. The van der Waals surface area contributed by atoms with Gasteiger partial charge in [0.15, 0.2) is 11.6 Å². The van der Waals surface area contributed by atoms with E-state index < -0.39 is 4.92 Å². The third-order valence-electron chi connectivity index (χ3n) is 3.71. The molecule has 0 unspecified atom stereocenters. The molecule has 138 valence electrons. The van der Waals surface area contributed by atoms with Gasteiger partial charge in [-0.05, 0) is 42.0 Å². The molecular weight excluding hydrogens is 373 g/mol. The van der Waals surface area contributed by atoms with Crippen LogP contribution in [0.5, 0.6) is 5.75 Å².